The summed E-state index contributed by atoms with van der Waals surface area (Å²) in [7, 11) is 1.61. The quantitative estimate of drug-likeness (QED) is 0.274. The van der Waals surface area contributed by atoms with Crippen molar-refractivity contribution in [2.75, 3.05) is 26.9 Å². The molecule has 0 saturated heterocycles. The summed E-state index contributed by atoms with van der Waals surface area (Å²) in [5.41, 5.74) is 4.76. The summed E-state index contributed by atoms with van der Waals surface area (Å²) in [6, 6.07) is 20.8. The van der Waals surface area contributed by atoms with Gasteiger partial charge in [-0.25, -0.2) is 9.78 Å². The zero-order chi connectivity index (χ0) is 24.6. The Morgan fingerprint density at radius 1 is 0.944 bits per heavy atom. The predicted octanol–water partition coefficient (Wildman–Crippen LogP) is 6.27. The molecule has 0 atom stereocenters. The maximum atomic E-state index is 13.5. The van der Waals surface area contributed by atoms with Crippen molar-refractivity contribution >= 4 is 28.0 Å². The number of methoxy groups -OCH3 is 1. The number of furan rings is 1. The van der Waals surface area contributed by atoms with Gasteiger partial charge in [0.25, 0.3) is 0 Å². The first kappa shape index (κ1) is 22.0. The van der Waals surface area contributed by atoms with E-state index in [-0.39, 0.29) is 6.61 Å². The van der Waals surface area contributed by atoms with Crippen molar-refractivity contribution in [1.82, 2.24) is 4.98 Å². The summed E-state index contributed by atoms with van der Waals surface area (Å²) in [4.78, 5) is 18.5. The second-order valence-corrected chi connectivity index (χ2v) is 8.29. The number of hydrogen-bond donors (Lipinski definition) is 0. The number of carbonyl (C=O) groups is 1. The zero-order valence-electron chi connectivity index (χ0n) is 19.9. The third kappa shape index (κ3) is 3.60. The number of pyridine rings is 1. The molecule has 0 N–H and O–H groups in total. The summed E-state index contributed by atoms with van der Waals surface area (Å²) in [6.07, 6.45) is 0. The number of aromatic nitrogens is 1. The average Bonchev–Trinajstić information content (AvgIpc) is 3.30. The molecule has 2 aromatic heterocycles. The lowest BCUT2D eigenvalue weighted by Crippen LogP contribution is -2.15. The second-order valence-electron chi connectivity index (χ2n) is 8.29. The van der Waals surface area contributed by atoms with Crippen molar-refractivity contribution < 1.29 is 28.2 Å². The van der Waals surface area contributed by atoms with Crippen LogP contribution in [0.5, 0.6) is 17.2 Å². The van der Waals surface area contributed by atoms with Gasteiger partial charge in [0.05, 0.1) is 25.0 Å². The van der Waals surface area contributed by atoms with Crippen LogP contribution in [0.2, 0.25) is 0 Å². The van der Waals surface area contributed by atoms with Crippen molar-refractivity contribution in [1.29, 1.82) is 0 Å². The number of ether oxygens (including phenoxy) is 4. The Bertz CT molecular complexity index is 1600. The normalized spacial score (nSPS) is 12.6. The molecule has 3 heterocycles. The molecule has 0 amide bonds. The van der Waals surface area contributed by atoms with Crippen molar-refractivity contribution in [3.8, 4) is 39.6 Å². The third-order valence-electron chi connectivity index (χ3n) is 6.18. The van der Waals surface area contributed by atoms with E-state index in [1.807, 2.05) is 66.7 Å². The SMILES string of the molecule is CCOC(=O)c1c(-c2ccc(OC)cc2)nc2c(oc3ccccc32)c1-c1ccc2c(c1)OCCO2. The van der Waals surface area contributed by atoms with Crippen LogP contribution < -0.4 is 14.2 Å². The monoisotopic (exact) mass is 481 g/mol. The molecule has 0 bridgehead atoms. The van der Waals surface area contributed by atoms with E-state index in [1.165, 1.54) is 0 Å². The van der Waals surface area contributed by atoms with Gasteiger partial charge in [0.2, 0.25) is 0 Å². The Morgan fingerprint density at radius 3 is 2.47 bits per heavy atom. The van der Waals surface area contributed by atoms with Gasteiger partial charge in [-0.3, -0.25) is 0 Å². The molecule has 3 aromatic carbocycles. The molecule has 1 aliphatic rings. The molecule has 0 aliphatic carbocycles. The summed E-state index contributed by atoms with van der Waals surface area (Å²) in [5.74, 6) is 1.50. The molecule has 7 heteroatoms. The molecular formula is C29H23NO6. The van der Waals surface area contributed by atoms with E-state index in [1.54, 1.807) is 14.0 Å². The van der Waals surface area contributed by atoms with E-state index in [4.69, 9.17) is 28.3 Å². The predicted molar refractivity (Wildman–Crippen MR) is 136 cm³/mol. The van der Waals surface area contributed by atoms with Crippen molar-refractivity contribution in [2.45, 2.75) is 6.92 Å². The molecule has 180 valence electrons. The molecule has 1 aliphatic heterocycles. The number of para-hydroxylation sites is 1. The fourth-order valence-electron chi connectivity index (χ4n) is 4.55. The fraction of sp³-hybridized carbons (Fsp3) is 0.172. The number of esters is 1. The van der Waals surface area contributed by atoms with Crippen LogP contribution in [-0.4, -0.2) is 37.9 Å². The first-order chi connectivity index (χ1) is 17.7. The fourth-order valence-corrected chi connectivity index (χ4v) is 4.55. The molecule has 36 heavy (non-hydrogen) atoms. The van der Waals surface area contributed by atoms with Crippen LogP contribution in [0, 0.1) is 0 Å². The van der Waals surface area contributed by atoms with Crippen LogP contribution in [0.1, 0.15) is 17.3 Å². The Balaban J connectivity index is 1.72. The van der Waals surface area contributed by atoms with Gasteiger partial charge in [-0.05, 0) is 61.0 Å². The summed E-state index contributed by atoms with van der Waals surface area (Å²) < 4.78 is 28.7. The number of rotatable bonds is 5. The number of carbonyl (C=O) groups excluding carboxylic acids is 1. The Morgan fingerprint density at radius 2 is 1.69 bits per heavy atom. The minimum atomic E-state index is -0.483. The van der Waals surface area contributed by atoms with E-state index >= 15 is 0 Å². The van der Waals surface area contributed by atoms with Gasteiger partial charge in [0.15, 0.2) is 17.1 Å². The molecule has 0 saturated carbocycles. The lowest BCUT2D eigenvalue weighted by atomic mass is 9.94. The van der Waals surface area contributed by atoms with Crippen LogP contribution >= 0.6 is 0 Å². The van der Waals surface area contributed by atoms with Gasteiger partial charge in [0, 0.05) is 16.5 Å². The first-order valence-corrected chi connectivity index (χ1v) is 11.7. The van der Waals surface area contributed by atoms with Crippen LogP contribution in [0.15, 0.2) is 71.1 Å². The third-order valence-corrected chi connectivity index (χ3v) is 6.18. The lowest BCUT2D eigenvalue weighted by Gasteiger charge is -2.20. The summed E-state index contributed by atoms with van der Waals surface area (Å²) in [6.45, 7) is 2.95. The average molecular weight is 482 g/mol. The highest BCUT2D eigenvalue weighted by atomic mass is 16.6. The van der Waals surface area contributed by atoms with Crippen molar-refractivity contribution in [2.24, 2.45) is 0 Å². The van der Waals surface area contributed by atoms with Gasteiger partial charge in [-0.15, -0.1) is 0 Å². The topological polar surface area (TPSA) is 80.0 Å². The largest absolute Gasteiger partial charge is 0.497 e. The summed E-state index contributed by atoms with van der Waals surface area (Å²) >= 11 is 0. The van der Waals surface area contributed by atoms with E-state index < -0.39 is 5.97 Å². The molecule has 0 fully saturated rings. The molecule has 6 rings (SSSR count). The number of hydrogen-bond acceptors (Lipinski definition) is 7. The van der Waals surface area contributed by atoms with E-state index in [2.05, 4.69) is 0 Å². The van der Waals surface area contributed by atoms with Gasteiger partial charge < -0.3 is 23.4 Å². The second kappa shape index (κ2) is 8.92. The Kier molecular flexibility index (Phi) is 5.45. The molecule has 0 unspecified atom stereocenters. The standard InChI is InChI=1S/C29H23NO6/c1-3-33-29(31)25-24(18-10-13-22-23(16-18)35-15-14-34-22)28-27(20-6-4-5-7-21(20)36-28)30-26(25)17-8-11-19(32-2)12-9-17/h4-13,16H,3,14-15H2,1-2H3. The maximum absolute atomic E-state index is 13.5. The number of benzene rings is 3. The Labute approximate surface area is 207 Å². The Hall–Kier alpha value is -4.52. The molecule has 5 aromatic rings. The van der Waals surface area contributed by atoms with Crippen LogP contribution in [0.25, 0.3) is 44.5 Å². The molecule has 0 spiro atoms. The highest BCUT2D eigenvalue weighted by molar-refractivity contribution is 6.15. The van der Waals surface area contributed by atoms with Crippen LogP contribution in [0.3, 0.4) is 0 Å². The molecule has 7 nitrogen and oxygen atoms in total. The van der Waals surface area contributed by atoms with Crippen molar-refractivity contribution in [3.05, 3.63) is 72.3 Å². The van der Waals surface area contributed by atoms with E-state index in [0.29, 0.717) is 64.0 Å². The number of fused-ring (bicyclic) bond motifs is 4. The van der Waals surface area contributed by atoms with Crippen LogP contribution in [-0.2, 0) is 4.74 Å². The molecular weight excluding hydrogens is 458 g/mol. The lowest BCUT2D eigenvalue weighted by molar-refractivity contribution is 0.0528. The highest BCUT2D eigenvalue weighted by Crippen LogP contribution is 2.44. The minimum absolute atomic E-state index is 0.222. The molecule has 0 radical (unpaired) electrons. The minimum Gasteiger partial charge on any atom is -0.497 e. The van der Waals surface area contributed by atoms with Gasteiger partial charge in [0.1, 0.15) is 30.1 Å². The highest BCUT2D eigenvalue weighted by Gasteiger charge is 2.28. The van der Waals surface area contributed by atoms with Crippen molar-refractivity contribution in [3.63, 3.8) is 0 Å². The van der Waals surface area contributed by atoms with E-state index in [9.17, 15) is 4.79 Å². The van der Waals surface area contributed by atoms with Gasteiger partial charge in [-0.1, -0.05) is 18.2 Å². The number of nitrogens with zero attached hydrogens (tertiary/aromatic N) is 1. The van der Waals surface area contributed by atoms with E-state index in [0.717, 1.165) is 16.5 Å². The maximum Gasteiger partial charge on any atom is 0.341 e. The van der Waals surface area contributed by atoms with Gasteiger partial charge in [-0.2, -0.15) is 0 Å². The smallest absolute Gasteiger partial charge is 0.341 e. The van der Waals surface area contributed by atoms with Crippen LogP contribution in [0.4, 0.5) is 0 Å². The summed E-state index contributed by atoms with van der Waals surface area (Å²) in [5, 5.41) is 0.858. The van der Waals surface area contributed by atoms with Gasteiger partial charge >= 0.3 is 5.97 Å². The zero-order valence-corrected chi connectivity index (χ0v) is 19.9. The first-order valence-electron chi connectivity index (χ1n) is 11.7.